The average molecular weight is 172 g/mol. The van der Waals surface area contributed by atoms with Crippen LogP contribution in [0.3, 0.4) is 0 Å². The first kappa shape index (κ1) is 9.96. The molecule has 0 atom stereocenters. The van der Waals surface area contributed by atoms with E-state index in [1.165, 1.54) is 32.1 Å². The lowest BCUT2D eigenvalue weighted by Crippen LogP contribution is -2.53. The highest BCUT2D eigenvalue weighted by Gasteiger charge is 2.29. The van der Waals surface area contributed by atoms with Crippen LogP contribution in [0.25, 0.3) is 0 Å². The second-order valence-electron chi connectivity index (χ2n) is 3.70. The number of aliphatic hydroxyl groups is 1. The van der Waals surface area contributed by atoms with Crippen molar-refractivity contribution in [2.24, 2.45) is 5.73 Å². The molecule has 12 heavy (non-hydrogen) atoms. The Morgan fingerprint density at radius 1 is 1.25 bits per heavy atom. The second kappa shape index (κ2) is 4.80. The van der Waals surface area contributed by atoms with E-state index in [0.29, 0.717) is 13.1 Å². The first-order chi connectivity index (χ1) is 5.83. The van der Waals surface area contributed by atoms with Gasteiger partial charge in [0.15, 0.2) is 0 Å². The van der Waals surface area contributed by atoms with Crippen LogP contribution in [-0.2, 0) is 0 Å². The van der Waals surface area contributed by atoms with Crippen molar-refractivity contribution < 1.29 is 5.11 Å². The number of β-amino-alcohol motifs (C(OH)–C–C–N with tert-alkyl or cyclic N) is 1. The fourth-order valence-electron chi connectivity index (χ4n) is 2.00. The summed E-state index contributed by atoms with van der Waals surface area (Å²) in [6, 6.07) is 0. The molecular formula is C9H20N2O. The fourth-order valence-corrected chi connectivity index (χ4v) is 2.00. The van der Waals surface area contributed by atoms with E-state index in [4.69, 9.17) is 10.8 Å². The van der Waals surface area contributed by atoms with Crippen LogP contribution in [0.15, 0.2) is 0 Å². The zero-order chi connectivity index (χ0) is 8.86. The standard InChI is InChI=1S/C9H20N2O/c10-8-9(11-6-7-12)4-2-1-3-5-9/h11-12H,1-8,10H2. The maximum absolute atomic E-state index is 8.70. The van der Waals surface area contributed by atoms with Crippen LogP contribution in [0.2, 0.25) is 0 Å². The molecule has 0 amide bonds. The van der Waals surface area contributed by atoms with Gasteiger partial charge in [-0.3, -0.25) is 0 Å². The summed E-state index contributed by atoms with van der Waals surface area (Å²) in [5, 5.41) is 12.1. The number of nitrogens with two attached hydrogens (primary N) is 1. The number of hydrogen-bond donors (Lipinski definition) is 3. The van der Waals surface area contributed by atoms with Crippen LogP contribution in [0.5, 0.6) is 0 Å². The molecule has 1 rings (SSSR count). The van der Waals surface area contributed by atoms with Crippen LogP contribution in [-0.4, -0.2) is 30.3 Å². The number of nitrogens with one attached hydrogen (secondary N) is 1. The van der Waals surface area contributed by atoms with Gasteiger partial charge < -0.3 is 16.2 Å². The fraction of sp³-hybridized carbons (Fsp3) is 1.00. The third-order valence-electron chi connectivity index (χ3n) is 2.81. The van der Waals surface area contributed by atoms with Crippen LogP contribution < -0.4 is 11.1 Å². The summed E-state index contributed by atoms with van der Waals surface area (Å²) < 4.78 is 0. The van der Waals surface area contributed by atoms with E-state index in [1.54, 1.807) is 0 Å². The molecule has 1 saturated carbocycles. The maximum Gasteiger partial charge on any atom is 0.0556 e. The monoisotopic (exact) mass is 172 g/mol. The molecule has 1 fully saturated rings. The predicted molar refractivity (Wildman–Crippen MR) is 50.0 cm³/mol. The van der Waals surface area contributed by atoms with E-state index < -0.39 is 0 Å². The van der Waals surface area contributed by atoms with E-state index >= 15 is 0 Å². The van der Waals surface area contributed by atoms with Crippen molar-refractivity contribution >= 4 is 0 Å². The molecule has 0 spiro atoms. The van der Waals surface area contributed by atoms with Gasteiger partial charge in [-0.15, -0.1) is 0 Å². The van der Waals surface area contributed by atoms with Gasteiger partial charge in [0.1, 0.15) is 0 Å². The predicted octanol–water partition coefficient (Wildman–Crippen LogP) is 0.230. The zero-order valence-electron chi connectivity index (χ0n) is 7.68. The summed E-state index contributed by atoms with van der Waals surface area (Å²) in [4.78, 5) is 0. The number of rotatable bonds is 4. The molecule has 1 aliphatic rings. The minimum absolute atomic E-state index is 0.140. The second-order valence-corrected chi connectivity index (χ2v) is 3.70. The van der Waals surface area contributed by atoms with Crippen molar-refractivity contribution in [3.05, 3.63) is 0 Å². The van der Waals surface area contributed by atoms with Crippen LogP contribution in [0.1, 0.15) is 32.1 Å². The Morgan fingerprint density at radius 3 is 2.42 bits per heavy atom. The van der Waals surface area contributed by atoms with Crippen LogP contribution >= 0.6 is 0 Å². The Kier molecular flexibility index (Phi) is 3.98. The molecule has 3 heteroatoms. The van der Waals surface area contributed by atoms with Gasteiger partial charge in [0.25, 0.3) is 0 Å². The molecule has 0 aromatic rings. The van der Waals surface area contributed by atoms with Crippen molar-refractivity contribution in [3.63, 3.8) is 0 Å². The number of aliphatic hydroxyl groups excluding tert-OH is 1. The molecule has 0 aromatic carbocycles. The first-order valence-corrected chi connectivity index (χ1v) is 4.89. The highest BCUT2D eigenvalue weighted by atomic mass is 16.3. The molecule has 72 valence electrons. The molecule has 0 heterocycles. The Labute approximate surface area is 74.3 Å². The van der Waals surface area contributed by atoms with Crippen LogP contribution in [0, 0.1) is 0 Å². The van der Waals surface area contributed by atoms with Gasteiger partial charge in [0.2, 0.25) is 0 Å². The van der Waals surface area contributed by atoms with E-state index in [1.807, 2.05) is 0 Å². The van der Waals surface area contributed by atoms with Gasteiger partial charge in [-0.1, -0.05) is 19.3 Å². The molecule has 0 saturated heterocycles. The molecule has 0 aromatic heterocycles. The van der Waals surface area contributed by atoms with Crippen LogP contribution in [0.4, 0.5) is 0 Å². The molecule has 4 N–H and O–H groups in total. The summed E-state index contributed by atoms with van der Waals surface area (Å²) >= 11 is 0. The maximum atomic E-state index is 8.70. The van der Waals surface area contributed by atoms with Gasteiger partial charge in [-0.2, -0.15) is 0 Å². The van der Waals surface area contributed by atoms with Crippen molar-refractivity contribution in [2.45, 2.75) is 37.6 Å². The molecule has 0 bridgehead atoms. The molecular weight excluding hydrogens is 152 g/mol. The smallest absolute Gasteiger partial charge is 0.0556 e. The van der Waals surface area contributed by atoms with Gasteiger partial charge in [0, 0.05) is 18.6 Å². The van der Waals surface area contributed by atoms with Crippen molar-refractivity contribution in [1.29, 1.82) is 0 Å². The molecule has 0 radical (unpaired) electrons. The summed E-state index contributed by atoms with van der Waals surface area (Å²) in [7, 11) is 0. The topological polar surface area (TPSA) is 58.3 Å². The highest BCUT2D eigenvalue weighted by Crippen LogP contribution is 2.26. The van der Waals surface area contributed by atoms with Gasteiger partial charge in [0.05, 0.1) is 6.61 Å². The van der Waals surface area contributed by atoms with E-state index in [-0.39, 0.29) is 12.1 Å². The van der Waals surface area contributed by atoms with Gasteiger partial charge in [-0.05, 0) is 12.8 Å². The summed E-state index contributed by atoms with van der Waals surface area (Å²) in [6.45, 7) is 1.59. The lowest BCUT2D eigenvalue weighted by atomic mass is 9.82. The molecule has 3 nitrogen and oxygen atoms in total. The minimum Gasteiger partial charge on any atom is -0.395 e. The number of hydrogen-bond acceptors (Lipinski definition) is 3. The molecule has 1 aliphatic carbocycles. The third-order valence-corrected chi connectivity index (χ3v) is 2.81. The lowest BCUT2D eigenvalue weighted by Gasteiger charge is -2.37. The largest absolute Gasteiger partial charge is 0.395 e. The normalized spacial score (nSPS) is 22.5. The Hall–Kier alpha value is -0.120. The highest BCUT2D eigenvalue weighted by molar-refractivity contribution is 4.91. The first-order valence-electron chi connectivity index (χ1n) is 4.89. The summed E-state index contributed by atoms with van der Waals surface area (Å²) in [6.07, 6.45) is 6.22. The SMILES string of the molecule is NCC1(NCCO)CCCCC1. The summed E-state index contributed by atoms with van der Waals surface area (Å²) in [5.74, 6) is 0. The molecule has 0 unspecified atom stereocenters. The lowest BCUT2D eigenvalue weighted by molar-refractivity contribution is 0.209. The zero-order valence-corrected chi connectivity index (χ0v) is 7.68. The van der Waals surface area contributed by atoms with E-state index in [9.17, 15) is 0 Å². The Bertz CT molecular complexity index is 122. The van der Waals surface area contributed by atoms with Crippen molar-refractivity contribution in [3.8, 4) is 0 Å². The quantitative estimate of drug-likeness (QED) is 0.569. The molecule has 0 aliphatic heterocycles. The summed E-state index contributed by atoms with van der Waals surface area (Å²) in [5.41, 5.74) is 5.87. The average Bonchev–Trinajstić information content (AvgIpc) is 2.16. The third kappa shape index (κ3) is 2.44. The van der Waals surface area contributed by atoms with Crippen molar-refractivity contribution in [1.82, 2.24) is 5.32 Å². The van der Waals surface area contributed by atoms with Gasteiger partial charge in [-0.25, -0.2) is 0 Å². The van der Waals surface area contributed by atoms with Crippen molar-refractivity contribution in [2.75, 3.05) is 19.7 Å². The van der Waals surface area contributed by atoms with Gasteiger partial charge >= 0.3 is 0 Å². The van der Waals surface area contributed by atoms with E-state index in [0.717, 1.165) is 0 Å². The Morgan fingerprint density at radius 2 is 1.92 bits per heavy atom. The minimum atomic E-state index is 0.140. The van der Waals surface area contributed by atoms with E-state index in [2.05, 4.69) is 5.32 Å². The Balaban J connectivity index is 2.37.